The number of hydrogen-bond donors (Lipinski definition) is 1. The molecule has 0 saturated heterocycles. The second-order valence-electron chi connectivity index (χ2n) is 2.85. The van der Waals surface area contributed by atoms with Crippen molar-refractivity contribution in [3.63, 3.8) is 0 Å². The van der Waals surface area contributed by atoms with E-state index in [-0.39, 0.29) is 5.00 Å². The topological polar surface area (TPSA) is 107 Å². The minimum Gasteiger partial charge on any atom is -0.352 e. The molecule has 0 amide bonds. The van der Waals surface area contributed by atoms with Gasteiger partial charge in [0.05, 0.1) is 11.5 Å². The van der Waals surface area contributed by atoms with Crippen molar-refractivity contribution in [2.24, 2.45) is 0 Å². The fourth-order valence-corrected chi connectivity index (χ4v) is 1.62. The summed E-state index contributed by atoms with van der Waals surface area (Å²) in [4.78, 5) is 17.7. The van der Waals surface area contributed by atoms with Crippen molar-refractivity contribution in [1.82, 2.24) is 15.1 Å². The quantitative estimate of drug-likeness (QED) is 0.635. The summed E-state index contributed by atoms with van der Waals surface area (Å²) in [5.41, 5.74) is 0. The Hall–Kier alpha value is -2.03. The average molecular weight is 241 g/mol. The number of rotatable bonds is 4. The highest BCUT2D eigenvalue weighted by Gasteiger charge is 2.11. The molecule has 0 aliphatic carbocycles. The van der Waals surface area contributed by atoms with E-state index in [1.165, 1.54) is 6.20 Å². The maximum atomic E-state index is 10.4. The van der Waals surface area contributed by atoms with Crippen molar-refractivity contribution in [3.05, 3.63) is 28.0 Å². The van der Waals surface area contributed by atoms with Crippen LogP contribution in [0.4, 0.5) is 10.1 Å². The molecule has 2 aromatic rings. The summed E-state index contributed by atoms with van der Waals surface area (Å²) < 4.78 is 4.86. The van der Waals surface area contributed by atoms with Gasteiger partial charge in [-0.1, -0.05) is 5.16 Å². The summed E-state index contributed by atoms with van der Waals surface area (Å²) in [6.07, 6.45) is 1.20. The van der Waals surface area contributed by atoms with Crippen LogP contribution < -0.4 is 5.32 Å². The summed E-state index contributed by atoms with van der Waals surface area (Å²) >= 11 is 0.956. The third-order valence-corrected chi connectivity index (χ3v) is 2.54. The SMILES string of the molecule is Cc1noc(CNc2ncc([N+](=O)[O-])s2)n1. The van der Waals surface area contributed by atoms with E-state index in [1.807, 2.05) is 0 Å². The van der Waals surface area contributed by atoms with Crippen LogP contribution in [0.2, 0.25) is 0 Å². The van der Waals surface area contributed by atoms with Gasteiger partial charge < -0.3 is 9.84 Å². The van der Waals surface area contributed by atoms with Gasteiger partial charge in [0, 0.05) is 0 Å². The lowest BCUT2D eigenvalue weighted by molar-refractivity contribution is -0.380. The van der Waals surface area contributed by atoms with Crippen molar-refractivity contribution >= 4 is 21.5 Å². The van der Waals surface area contributed by atoms with E-state index >= 15 is 0 Å². The van der Waals surface area contributed by atoms with Crippen molar-refractivity contribution in [2.45, 2.75) is 13.5 Å². The van der Waals surface area contributed by atoms with E-state index in [0.717, 1.165) is 11.3 Å². The zero-order valence-corrected chi connectivity index (χ0v) is 9.02. The Labute approximate surface area is 93.5 Å². The molecule has 0 atom stereocenters. The van der Waals surface area contributed by atoms with Crippen molar-refractivity contribution in [3.8, 4) is 0 Å². The van der Waals surface area contributed by atoms with Gasteiger partial charge in [-0.15, -0.1) is 0 Å². The van der Waals surface area contributed by atoms with E-state index in [1.54, 1.807) is 6.92 Å². The van der Waals surface area contributed by atoms with Gasteiger partial charge in [0.15, 0.2) is 11.0 Å². The van der Waals surface area contributed by atoms with Gasteiger partial charge >= 0.3 is 5.00 Å². The third-order valence-electron chi connectivity index (χ3n) is 1.63. The van der Waals surface area contributed by atoms with Crippen LogP contribution in [0.3, 0.4) is 0 Å². The monoisotopic (exact) mass is 241 g/mol. The summed E-state index contributed by atoms with van der Waals surface area (Å²) in [5, 5.41) is 17.3. The standard InChI is InChI=1S/C7H7N5O3S/c1-4-10-5(15-11-4)2-8-7-9-3-6(16-7)12(13)14/h3H,2H2,1H3,(H,8,9). The number of aryl methyl sites for hydroxylation is 1. The first-order valence-electron chi connectivity index (χ1n) is 4.28. The lowest BCUT2D eigenvalue weighted by atomic mass is 10.6. The van der Waals surface area contributed by atoms with Crippen LogP contribution in [0.1, 0.15) is 11.7 Å². The van der Waals surface area contributed by atoms with Crippen molar-refractivity contribution in [1.29, 1.82) is 0 Å². The van der Waals surface area contributed by atoms with Gasteiger partial charge in [0.2, 0.25) is 5.89 Å². The maximum Gasteiger partial charge on any atom is 0.345 e. The van der Waals surface area contributed by atoms with Crippen molar-refractivity contribution in [2.75, 3.05) is 5.32 Å². The molecule has 0 radical (unpaired) electrons. The van der Waals surface area contributed by atoms with E-state index in [4.69, 9.17) is 4.52 Å². The number of aromatic nitrogens is 3. The molecular weight excluding hydrogens is 234 g/mol. The normalized spacial score (nSPS) is 10.3. The Bertz CT molecular complexity index is 508. The number of hydrogen-bond acceptors (Lipinski definition) is 8. The molecule has 0 fully saturated rings. The number of anilines is 1. The highest BCUT2D eigenvalue weighted by Crippen LogP contribution is 2.25. The molecule has 0 saturated carbocycles. The maximum absolute atomic E-state index is 10.4. The summed E-state index contributed by atoms with van der Waals surface area (Å²) in [5.74, 6) is 0.956. The zero-order valence-electron chi connectivity index (χ0n) is 8.21. The first kappa shape index (κ1) is 10.5. The first-order valence-corrected chi connectivity index (χ1v) is 5.10. The summed E-state index contributed by atoms with van der Waals surface area (Å²) in [6, 6.07) is 0. The van der Waals surface area contributed by atoms with Crippen LogP contribution in [0.5, 0.6) is 0 Å². The molecule has 0 unspecified atom stereocenters. The van der Waals surface area contributed by atoms with E-state index in [0.29, 0.717) is 23.4 Å². The molecule has 16 heavy (non-hydrogen) atoms. The Morgan fingerprint density at radius 3 is 3.06 bits per heavy atom. The molecule has 0 spiro atoms. The second-order valence-corrected chi connectivity index (χ2v) is 3.86. The van der Waals surface area contributed by atoms with Crippen LogP contribution in [0.15, 0.2) is 10.7 Å². The fraction of sp³-hybridized carbons (Fsp3) is 0.286. The molecule has 0 aliphatic heterocycles. The van der Waals surface area contributed by atoms with Crippen molar-refractivity contribution < 1.29 is 9.45 Å². The Kier molecular flexibility index (Phi) is 2.77. The summed E-state index contributed by atoms with van der Waals surface area (Å²) in [7, 11) is 0. The molecule has 0 aromatic carbocycles. The predicted octanol–water partition coefficient (Wildman–Crippen LogP) is 1.35. The molecule has 9 heteroatoms. The Morgan fingerprint density at radius 1 is 1.69 bits per heavy atom. The number of nitro groups is 1. The second kappa shape index (κ2) is 4.23. The van der Waals surface area contributed by atoms with Crippen LogP contribution in [-0.2, 0) is 6.54 Å². The molecule has 0 bridgehead atoms. The Balaban J connectivity index is 1.97. The van der Waals surface area contributed by atoms with E-state index in [9.17, 15) is 10.1 Å². The molecular formula is C7H7N5O3S. The Morgan fingerprint density at radius 2 is 2.50 bits per heavy atom. The van der Waals surface area contributed by atoms with Gasteiger partial charge in [0.25, 0.3) is 0 Å². The number of nitrogens with one attached hydrogen (secondary N) is 1. The number of nitrogens with zero attached hydrogens (tertiary/aromatic N) is 4. The average Bonchev–Trinajstić information content (AvgIpc) is 2.83. The summed E-state index contributed by atoms with van der Waals surface area (Å²) in [6.45, 7) is 2.01. The predicted molar refractivity (Wildman–Crippen MR) is 55.1 cm³/mol. The highest BCUT2D eigenvalue weighted by atomic mass is 32.1. The number of thiazole rings is 1. The first-order chi connectivity index (χ1) is 7.65. The van der Waals surface area contributed by atoms with Gasteiger partial charge in [-0.25, -0.2) is 4.98 Å². The van der Waals surface area contributed by atoms with Gasteiger partial charge in [-0.2, -0.15) is 4.98 Å². The lowest BCUT2D eigenvalue weighted by Gasteiger charge is -1.94. The van der Waals surface area contributed by atoms with Gasteiger partial charge in [-0.05, 0) is 18.3 Å². The van der Waals surface area contributed by atoms with Crippen LogP contribution in [0, 0.1) is 17.0 Å². The van der Waals surface area contributed by atoms with Gasteiger partial charge in [0.1, 0.15) is 6.20 Å². The molecule has 8 nitrogen and oxygen atoms in total. The molecule has 0 aliphatic rings. The molecule has 2 aromatic heterocycles. The zero-order chi connectivity index (χ0) is 11.5. The largest absolute Gasteiger partial charge is 0.352 e. The minimum absolute atomic E-state index is 0.00999. The van der Waals surface area contributed by atoms with E-state index in [2.05, 4.69) is 20.4 Å². The smallest absolute Gasteiger partial charge is 0.345 e. The molecule has 2 rings (SSSR count). The third kappa shape index (κ3) is 2.31. The van der Waals surface area contributed by atoms with Crippen LogP contribution in [0.25, 0.3) is 0 Å². The molecule has 1 N–H and O–H groups in total. The van der Waals surface area contributed by atoms with Crippen LogP contribution >= 0.6 is 11.3 Å². The van der Waals surface area contributed by atoms with E-state index < -0.39 is 4.92 Å². The highest BCUT2D eigenvalue weighted by molar-refractivity contribution is 7.18. The lowest BCUT2D eigenvalue weighted by Crippen LogP contribution is -1.98. The minimum atomic E-state index is -0.486. The molecule has 2 heterocycles. The van der Waals surface area contributed by atoms with Gasteiger partial charge in [-0.3, -0.25) is 10.1 Å². The molecule has 84 valence electrons. The van der Waals surface area contributed by atoms with Crippen LogP contribution in [-0.4, -0.2) is 20.0 Å². The fourth-order valence-electron chi connectivity index (χ4n) is 0.995.